The summed E-state index contributed by atoms with van der Waals surface area (Å²) in [5.74, 6) is 1.18. The Balaban J connectivity index is 2.20. The van der Waals surface area contributed by atoms with E-state index in [4.69, 9.17) is 0 Å². The molecule has 1 N–H and O–H groups in total. The largest absolute Gasteiger partial charge is 0.316 e. The second-order valence-corrected chi connectivity index (χ2v) is 6.02. The normalized spacial score (nSPS) is 27.6. The average molecular weight is 330 g/mol. The fraction of sp³-hybridized carbons (Fsp3) is 0.583. The number of rotatable bonds is 0. The first-order chi connectivity index (χ1) is 7.66. The van der Waals surface area contributed by atoms with Gasteiger partial charge in [-0.2, -0.15) is 0 Å². The number of nitrogens with one attached hydrogen (secondary N) is 1. The Morgan fingerprint density at radius 1 is 1.50 bits per heavy atom. The molecular weight excluding hydrogens is 315 g/mol. The third kappa shape index (κ3) is 1.54. The summed E-state index contributed by atoms with van der Waals surface area (Å²) in [7, 11) is 0. The van der Waals surface area contributed by atoms with Gasteiger partial charge in [-0.15, -0.1) is 0 Å². The zero-order valence-corrected chi connectivity index (χ0v) is 11.5. The lowest BCUT2D eigenvalue weighted by atomic mass is 9.84. The molecule has 2 aliphatic rings. The monoisotopic (exact) mass is 330 g/mol. The molecule has 0 spiro atoms. The molecule has 3 heterocycles. The van der Waals surface area contributed by atoms with Crippen molar-refractivity contribution in [3.8, 4) is 0 Å². The second-order valence-electron chi connectivity index (χ2n) is 4.94. The average Bonchev–Trinajstić information content (AvgIpc) is 2.29. The molecule has 86 valence electrons. The van der Waals surface area contributed by atoms with E-state index in [0.717, 1.165) is 28.8 Å². The van der Waals surface area contributed by atoms with E-state index >= 15 is 0 Å². The SMILES string of the molecule is Cc1cc2n(c(=O)c1I)CC1CNCC2C1. The smallest absolute Gasteiger partial charge is 0.264 e. The van der Waals surface area contributed by atoms with Crippen LogP contribution in [0.25, 0.3) is 0 Å². The number of aromatic nitrogens is 1. The van der Waals surface area contributed by atoms with Crippen LogP contribution in [-0.2, 0) is 6.54 Å². The molecule has 3 rings (SSSR count). The molecular formula is C12H15IN2O. The van der Waals surface area contributed by atoms with E-state index in [2.05, 4.69) is 34.0 Å². The molecule has 1 aromatic heterocycles. The lowest BCUT2D eigenvalue weighted by molar-refractivity contribution is 0.256. The van der Waals surface area contributed by atoms with Gasteiger partial charge in [-0.1, -0.05) is 0 Å². The Hall–Kier alpha value is -0.360. The highest BCUT2D eigenvalue weighted by atomic mass is 127. The third-order valence-corrected chi connectivity index (χ3v) is 5.07. The van der Waals surface area contributed by atoms with Gasteiger partial charge in [0, 0.05) is 24.7 Å². The van der Waals surface area contributed by atoms with Gasteiger partial charge in [0.1, 0.15) is 0 Å². The molecule has 3 nitrogen and oxygen atoms in total. The Morgan fingerprint density at radius 3 is 3.12 bits per heavy atom. The molecule has 0 saturated carbocycles. The van der Waals surface area contributed by atoms with E-state index < -0.39 is 0 Å². The van der Waals surface area contributed by atoms with Gasteiger partial charge in [0.05, 0.1) is 3.57 Å². The molecule has 1 aromatic rings. The Morgan fingerprint density at radius 2 is 2.31 bits per heavy atom. The van der Waals surface area contributed by atoms with Crippen LogP contribution in [0.4, 0.5) is 0 Å². The summed E-state index contributed by atoms with van der Waals surface area (Å²) in [4.78, 5) is 12.2. The molecule has 2 atom stereocenters. The van der Waals surface area contributed by atoms with Crippen molar-refractivity contribution in [1.82, 2.24) is 9.88 Å². The van der Waals surface area contributed by atoms with E-state index in [9.17, 15) is 4.79 Å². The molecule has 0 radical (unpaired) electrons. The summed E-state index contributed by atoms with van der Waals surface area (Å²) < 4.78 is 2.89. The first-order valence-corrected chi connectivity index (χ1v) is 6.85. The maximum Gasteiger partial charge on any atom is 0.264 e. The highest BCUT2D eigenvalue weighted by molar-refractivity contribution is 14.1. The van der Waals surface area contributed by atoms with Crippen molar-refractivity contribution < 1.29 is 0 Å². The van der Waals surface area contributed by atoms with Crippen LogP contribution in [0.15, 0.2) is 10.9 Å². The van der Waals surface area contributed by atoms with E-state index in [1.165, 1.54) is 12.1 Å². The van der Waals surface area contributed by atoms with Crippen molar-refractivity contribution in [2.24, 2.45) is 5.92 Å². The zero-order chi connectivity index (χ0) is 11.3. The van der Waals surface area contributed by atoms with E-state index in [1.54, 1.807) is 0 Å². The first kappa shape index (κ1) is 10.8. The van der Waals surface area contributed by atoms with Gasteiger partial charge in [0.15, 0.2) is 0 Å². The minimum atomic E-state index is 0.215. The number of piperidine rings is 1. The van der Waals surface area contributed by atoms with E-state index in [1.807, 2.05) is 11.5 Å². The predicted molar refractivity (Wildman–Crippen MR) is 71.9 cm³/mol. The molecule has 2 bridgehead atoms. The zero-order valence-electron chi connectivity index (χ0n) is 9.29. The highest BCUT2D eigenvalue weighted by Gasteiger charge is 2.31. The Bertz CT molecular complexity index is 495. The number of aryl methyl sites for hydroxylation is 1. The van der Waals surface area contributed by atoms with Crippen LogP contribution in [0.3, 0.4) is 0 Å². The van der Waals surface area contributed by atoms with Crippen LogP contribution in [0.5, 0.6) is 0 Å². The Labute approximate surface area is 108 Å². The number of nitrogens with zero attached hydrogens (tertiary/aromatic N) is 1. The minimum absolute atomic E-state index is 0.215. The predicted octanol–water partition coefficient (Wildman–Crippen LogP) is 1.47. The second kappa shape index (κ2) is 3.84. The highest BCUT2D eigenvalue weighted by Crippen LogP contribution is 2.32. The van der Waals surface area contributed by atoms with Crippen molar-refractivity contribution >= 4 is 22.6 Å². The summed E-state index contributed by atoms with van der Waals surface area (Å²) in [6.07, 6.45) is 1.24. The van der Waals surface area contributed by atoms with E-state index in [0.29, 0.717) is 11.8 Å². The first-order valence-electron chi connectivity index (χ1n) is 5.77. The van der Waals surface area contributed by atoms with Gasteiger partial charge in [-0.3, -0.25) is 4.79 Å². The van der Waals surface area contributed by atoms with Gasteiger partial charge in [-0.25, -0.2) is 0 Å². The standard InChI is InChI=1S/C12H15IN2O/c1-7-2-10-9-3-8(4-14-5-9)6-15(10)12(16)11(7)13/h2,8-9,14H,3-6H2,1H3. The van der Waals surface area contributed by atoms with Gasteiger partial charge in [0.25, 0.3) is 5.56 Å². The lowest BCUT2D eigenvalue weighted by Crippen LogP contribution is -2.45. The fourth-order valence-corrected chi connectivity index (χ4v) is 3.39. The molecule has 1 fully saturated rings. The molecule has 16 heavy (non-hydrogen) atoms. The van der Waals surface area contributed by atoms with Crippen molar-refractivity contribution in [1.29, 1.82) is 0 Å². The van der Waals surface area contributed by atoms with Gasteiger partial charge < -0.3 is 9.88 Å². The van der Waals surface area contributed by atoms with Gasteiger partial charge in [0.2, 0.25) is 0 Å². The van der Waals surface area contributed by atoms with Crippen molar-refractivity contribution in [3.05, 3.63) is 31.2 Å². The van der Waals surface area contributed by atoms with Gasteiger partial charge in [-0.05, 0) is 60.0 Å². The minimum Gasteiger partial charge on any atom is -0.316 e. The summed E-state index contributed by atoms with van der Waals surface area (Å²) in [6.45, 7) is 5.02. The van der Waals surface area contributed by atoms with Crippen LogP contribution in [0, 0.1) is 16.4 Å². The van der Waals surface area contributed by atoms with Crippen molar-refractivity contribution in [2.75, 3.05) is 13.1 Å². The Kier molecular flexibility index (Phi) is 2.58. The van der Waals surface area contributed by atoms with Crippen LogP contribution in [0.1, 0.15) is 23.6 Å². The quantitative estimate of drug-likeness (QED) is 0.731. The summed E-state index contributed by atoms with van der Waals surface area (Å²) >= 11 is 2.17. The molecule has 1 saturated heterocycles. The number of halogens is 1. The van der Waals surface area contributed by atoms with E-state index in [-0.39, 0.29) is 5.56 Å². The summed E-state index contributed by atoms with van der Waals surface area (Å²) in [5, 5.41) is 3.46. The van der Waals surface area contributed by atoms with Crippen molar-refractivity contribution in [3.63, 3.8) is 0 Å². The molecule has 0 aromatic carbocycles. The molecule has 0 amide bonds. The third-order valence-electron chi connectivity index (χ3n) is 3.76. The maximum atomic E-state index is 12.2. The topological polar surface area (TPSA) is 34.0 Å². The van der Waals surface area contributed by atoms with Crippen LogP contribution in [0.2, 0.25) is 0 Å². The summed E-state index contributed by atoms with van der Waals surface area (Å²) in [6, 6.07) is 2.21. The molecule has 4 heteroatoms. The maximum absolute atomic E-state index is 12.2. The number of hydrogen-bond donors (Lipinski definition) is 1. The molecule has 2 unspecified atom stereocenters. The number of fused-ring (bicyclic) bond motifs is 4. The number of hydrogen-bond acceptors (Lipinski definition) is 2. The van der Waals surface area contributed by atoms with Gasteiger partial charge >= 0.3 is 0 Å². The van der Waals surface area contributed by atoms with Crippen LogP contribution < -0.4 is 10.9 Å². The summed E-state index contributed by atoms with van der Waals surface area (Å²) in [5.41, 5.74) is 2.58. The van der Waals surface area contributed by atoms with Crippen molar-refractivity contribution in [2.45, 2.75) is 25.8 Å². The molecule has 2 aliphatic heterocycles. The number of pyridine rings is 1. The fourth-order valence-electron chi connectivity index (χ4n) is 2.95. The molecule has 0 aliphatic carbocycles. The lowest BCUT2D eigenvalue weighted by Gasteiger charge is -2.37. The van der Waals surface area contributed by atoms with Crippen LogP contribution in [-0.4, -0.2) is 17.7 Å². The van der Waals surface area contributed by atoms with Crippen LogP contribution >= 0.6 is 22.6 Å².